The third-order valence-electron chi connectivity index (χ3n) is 5.47. The number of carbonyl (C=O) groups is 1. The van der Waals surface area contributed by atoms with Gasteiger partial charge in [-0.05, 0) is 55.3 Å². The van der Waals surface area contributed by atoms with Crippen molar-refractivity contribution in [1.29, 1.82) is 0 Å². The molecule has 0 radical (unpaired) electrons. The molecule has 0 bridgehead atoms. The molecule has 1 fully saturated rings. The maximum Gasteiger partial charge on any atom is 0.222 e. The van der Waals surface area contributed by atoms with E-state index < -0.39 is 0 Å². The number of fused-ring (bicyclic) bond motifs is 1. The number of amides is 1. The molecule has 0 saturated carbocycles. The average molecular weight is 407 g/mol. The molecule has 1 aromatic heterocycles. The number of aromatic nitrogens is 1. The maximum absolute atomic E-state index is 13.7. The third-order valence-corrected chi connectivity index (χ3v) is 5.47. The summed E-state index contributed by atoms with van der Waals surface area (Å²) in [5.41, 5.74) is 3.41. The average Bonchev–Trinajstić information content (AvgIpc) is 3.17. The Morgan fingerprint density at radius 3 is 2.90 bits per heavy atom. The molecule has 1 amide bonds. The minimum absolute atomic E-state index is 0.265. The lowest BCUT2D eigenvalue weighted by molar-refractivity contribution is -0.127. The van der Waals surface area contributed by atoms with Crippen molar-refractivity contribution in [1.82, 2.24) is 15.2 Å². The fraction of sp³-hybridized carbons (Fsp3) is 0.333. The summed E-state index contributed by atoms with van der Waals surface area (Å²) in [5, 5.41) is 4.38. The Balaban J connectivity index is 1.52. The molecule has 30 heavy (non-hydrogen) atoms. The van der Waals surface area contributed by atoms with E-state index in [2.05, 4.69) is 11.4 Å². The highest BCUT2D eigenvalue weighted by molar-refractivity contribution is 5.83. The van der Waals surface area contributed by atoms with E-state index >= 15 is 0 Å². The van der Waals surface area contributed by atoms with E-state index in [-0.39, 0.29) is 11.7 Å². The number of benzene rings is 2. The number of likely N-dealkylation sites (tertiary alicyclic amines) is 1. The van der Waals surface area contributed by atoms with Gasteiger partial charge in [0, 0.05) is 43.1 Å². The molecule has 156 valence electrons. The van der Waals surface area contributed by atoms with Crippen molar-refractivity contribution in [2.75, 3.05) is 26.7 Å². The molecule has 2 heterocycles. The number of pyridine rings is 1. The summed E-state index contributed by atoms with van der Waals surface area (Å²) < 4.78 is 19.1. The first kappa shape index (κ1) is 20.3. The van der Waals surface area contributed by atoms with E-state index in [1.165, 1.54) is 12.1 Å². The molecule has 1 aliphatic heterocycles. The van der Waals surface area contributed by atoms with Crippen molar-refractivity contribution in [3.63, 3.8) is 0 Å². The van der Waals surface area contributed by atoms with Crippen LogP contribution in [0.5, 0.6) is 5.75 Å². The second-order valence-electron chi connectivity index (χ2n) is 7.58. The first-order valence-corrected chi connectivity index (χ1v) is 10.4. The van der Waals surface area contributed by atoms with Gasteiger partial charge in [-0.2, -0.15) is 0 Å². The highest BCUT2D eigenvalue weighted by atomic mass is 19.1. The Morgan fingerprint density at radius 2 is 2.10 bits per heavy atom. The van der Waals surface area contributed by atoms with Crippen LogP contribution in [0.1, 0.15) is 24.8 Å². The zero-order valence-electron chi connectivity index (χ0n) is 17.2. The number of halogens is 1. The van der Waals surface area contributed by atoms with Crippen LogP contribution in [0.4, 0.5) is 4.39 Å². The number of rotatable bonds is 8. The van der Waals surface area contributed by atoms with Gasteiger partial charge in [-0.15, -0.1) is 0 Å². The molecule has 6 heteroatoms. The third kappa shape index (κ3) is 4.60. The lowest BCUT2D eigenvalue weighted by atomic mass is 10.0. The highest BCUT2D eigenvalue weighted by Gasteiger charge is 2.19. The highest BCUT2D eigenvalue weighted by Crippen LogP contribution is 2.28. The first-order valence-electron chi connectivity index (χ1n) is 10.4. The molecule has 4 rings (SSSR count). The van der Waals surface area contributed by atoms with E-state index in [1.54, 1.807) is 13.2 Å². The van der Waals surface area contributed by atoms with E-state index in [0.717, 1.165) is 60.4 Å². The number of methoxy groups -OCH3 is 1. The van der Waals surface area contributed by atoms with E-state index in [0.29, 0.717) is 18.5 Å². The smallest absolute Gasteiger partial charge is 0.222 e. The second kappa shape index (κ2) is 9.22. The predicted molar refractivity (Wildman–Crippen MR) is 116 cm³/mol. The number of ether oxygens (including phenoxy) is 1. The maximum atomic E-state index is 13.7. The van der Waals surface area contributed by atoms with Crippen molar-refractivity contribution in [3.8, 4) is 17.0 Å². The van der Waals surface area contributed by atoms with Gasteiger partial charge in [-0.1, -0.05) is 12.1 Å². The normalized spacial score (nSPS) is 13.9. The zero-order chi connectivity index (χ0) is 20.9. The first-order chi connectivity index (χ1) is 14.6. The van der Waals surface area contributed by atoms with Crippen LogP contribution >= 0.6 is 0 Å². The molecule has 1 aliphatic rings. The lowest BCUT2D eigenvalue weighted by Gasteiger charge is -2.16. The Kier molecular flexibility index (Phi) is 6.23. The van der Waals surface area contributed by atoms with Gasteiger partial charge in [0.15, 0.2) is 0 Å². The minimum atomic E-state index is -0.297. The summed E-state index contributed by atoms with van der Waals surface area (Å²) in [6.07, 6.45) is 2.56. The number of hydrogen-bond donors (Lipinski definition) is 1. The molecule has 0 aliphatic carbocycles. The van der Waals surface area contributed by atoms with Crippen LogP contribution in [0.25, 0.3) is 22.2 Å². The van der Waals surface area contributed by atoms with Gasteiger partial charge in [0.05, 0.1) is 18.3 Å². The van der Waals surface area contributed by atoms with Gasteiger partial charge in [0.25, 0.3) is 0 Å². The zero-order valence-corrected chi connectivity index (χ0v) is 17.2. The van der Waals surface area contributed by atoms with Crippen LogP contribution in [0.15, 0.2) is 48.5 Å². The van der Waals surface area contributed by atoms with Crippen molar-refractivity contribution < 1.29 is 13.9 Å². The minimum Gasteiger partial charge on any atom is -0.497 e. The molecular weight excluding hydrogens is 381 g/mol. The molecule has 5 nitrogen and oxygen atoms in total. The molecule has 1 N–H and O–H groups in total. The second-order valence-corrected chi connectivity index (χ2v) is 7.58. The molecule has 2 aromatic carbocycles. The summed E-state index contributed by atoms with van der Waals surface area (Å²) in [5.74, 6) is 0.720. The number of hydrogen-bond acceptors (Lipinski definition) is 4. The topological polar surface area (TPSA) is 54.5 Å². The van der Waals surface area contributed by atoms with E-state index in [1.807, 2.05) is 29.2 Å². The van der Waals surface area contributed by atoms with Gasteiger partial charge in [-0.3, -0.25) is 4.79 Å². The van der Waals surface area contributed by atoms with Crippen LogP contribution in [0, 0.1) is 5.82 Å². The van der Waals surface area contributed by atoms with Crippen molar-refractivity contribution in [2.45, 2.75) is 25.8 Å². The largest absolute Gasteiger partial charge is 0.497 e. The quantitative estimate of drug-likeness (QED) is 0.570. The van der Waals surface area contributed by atoms with Gasteiger partial charge in [0.2, 0.25) is 5.91 Å². The molecule has 1 saturated heterocycles. The standard InChI is InChI=1S/C24H26FN3O2/c1-30-21-6-2-5-18(14-21)24-19(13-17-8-9-20(25)15-22(17)27-24)16-26-10-4-12-28-11-3-7-23(28)29/h2,5-6,8-9,13-15,26H,3-4,7,10-12,16H2,1H3. The Labute approximate surface area is 175 Å². The summed E-state index contributed by atoms with van der Waals surface area (Å²) >= 11 is 0. The van der Waals surface area contributed by atoms with Gasteiger partial charge in [0.1, 0.15) is 11.6 Å². The van der Waals surface area contributed by atoms with Gasteiger partial charge >= 0.3 is 0 Å². The summed E-state index contributed by atoms with van der Waals surface area (Å²) in [6.45, 7) is 3.12. The van der Waals surface area contributed by atoms with Crippen LogP contribution < -0.4 is 10.1 Å². The van der Waals surface area contributed by atoms with E-state index in [9.17, 15) is 9.18 Å². The lowest BCUT2D eigenvalue weighted by Crippen LogP contribution is -2.28. The molecule has 3 aromatic rings. The van der Waals surface area contributed by atoms with Crippen molar-refractivity contribution in [2.24, 2.45) is 0 Å². The number of nitrogens with zero attached hydrogens (tertiary/aromatic N) is 2. The van der Waals surface area contributed by atoms with Crippen molar-refractivity contribution >= 4 is 16.8 Å². The number of carbonyl (C=O) groups excluding carboxylic acids is 1. The monoisotopic (exact) mass is 407 g/mol. The van der Waals surface area contributed by atoms with Crippen LogP contribution in [-0.2, 0) is 11.3 Å². The summed E-state index contributed by atoms with van der Waals surface area (Å²) in [4.78, 5) is 18.4. The van der Waals surface area contributed by atoms with Crippen LogP contribution in [-0.4, -0.2) is 42.5 Å². The molecular formula is C24H26FN3O2. The summed E-state index contributed by atoms with van der Waals surface area (Å²) in [7, 11) is 1.63. The molecule has 0 spiro atoms. The summed E-state index contributed by atoms with van der Waals surface area (Å²) in [6, 6.07) is 14.5. The van der Waals surface area contributed by atoms with Crippen LogP contribution in [0.2, 0.25) is 0 Å². The van der Waals surface area contributed by atoms with E-state index in [4.69, 9.17) is 9.72 Å². The Morgan fingerprint density at radius 1 is 1.20 bits per heavy atom. The fourth-order valence-corrected chi connectivity index (χ4v) is 3.90. The Hall–Kier alpha value is -2.99. The van der Waals surface area contributed by atoms with Crippen LogP contribution in [0.3, 0.4) is 0 Å². The molecule has 0 unspecified atom stereocenters. The van der Waals surface area contributed by atoms with Crippen molar-refractivity contribution in [3.05, 3.63) is 59.9 Å². The SMILES string of the molecule is COc1cccc(-c2nc3cc(F)ccc3cc2CNCCCN2CCCC2=O)c1. The Bertz CT molecular complexity index is 1050. The fourth-order valence-electron chi connectivity index (χ4n) is 3.90. The molecule has 0 atom stereocenters. The predicted octanol–water partition coefficient (Wildman–Crippen LogP) is 4.15. The number of nitrogens with one attached hydrogen (secondary N) is 1. The van der Waals surface area contributed by atoms with Gasteiger partial charge in [-0.25, -0.2) is 9.37 Å². The van der Waals surface area contributed by atoms with Gasteiger partial charge < -0.3 is 15.0 Å².